The molecule has 0 radical (unpaired) electrons. The van der Waals surface area contributed by atoms with Crippen LogP contribution in [0.25, 0.3) is 0 Å². The van der Waals surface area contributed by atoms with E-state index >= 15 is 0 Å². The number of rotatable bonds is 0. The molecule has 0 bridgehead atoms. The molecule has 2 aliphatic heterocycles. The molecular weight excluding hydrogens is 344 g/mol. The Morgan fingerprint density at radius 2 is 1.00 bits per heavy atom. The number of anilines is 2. The van der Waals surface area contributed by atoms with Crippen LogP contribution in [0.3, 0.4) is 0 Å². The molecule has 4 rings (SSSR count). The van der Waals surface area contributed by atoms with Crippen LogP contribution in [0.15, 0.2) is 34.1 Å². The quantitative estimate of drug-likeness (QED) is 0.438. The minimum atomic E-state index is -0.655. The van der Waals surface area contributed by atoms with E-state index in [-0.39, 0.29) is 24.0 Å². The summed E-state index contributed by atoms with van der Waals surface area (Å²) < 4.78 is 0. The molecule has 4 heterocycles. The second-order valence-electron chi connectivity index (χ2n) is 5.51. The van der Waals surface area contributed by atoms with Crippen molar-refractivity contribution in [2.75, 3.05) is 10.6 Å². The first-order valence-electron chi connectivity index (χ1n) is 7.46. The number of carbonyl (C=O) groups excluding carboxylic acids is 4. The Bertz CT molecular complexity index is 979. The monoisotopic (exact) mass is 356 g/mol. The van der Waals surface area contributed by atoms with Gasteiger partial charge in [-0.15, -0.1) is 0 Å². The van der Waals surface area contributed by atoms with Gasteiger partial charge in [-0.05, 0) is 12.1 Å². The van der Waals surface area contributed by atoms with Crippen molar-refractivity contribution in [3.05, 3.63) is 56.4 Å². The van der Waals surface area contributed by atoms with Crippen LogP contribution < -0.4 is 21.8 Å². The molecule has 2 aromatic rings. The van der Waals surface area contributed by atoms with E-state index < -0.39 is 23.4 Å². The zero-order valence-electron chi connectivity index (χ0n) is 13.2. The lowest BCUT2D eigenvalue weighted by Crippen LogP contribution is -2.33. The van der Waals surface area contributed by atoms with Gasteiger partial charge in [0, 0.05) is 36.4 Å². The number of pyridine rings is 2. The van der Waals surface area contributed by atoms with Gasteiger partial charge < -0.3 is 20.6 Å². The number of H-pyrrole nitrogens is 2. The van der Waals surface area contributed by atoms with Crippen LogP contribution in [0, 0.1) is 0 Å². The van der Waals surface area contributed by atoms with Crippen LogP contribution in [0.4, 0.5) is 11.4 Å². The Morgan fingerprint density at radius 3 is 1.38 bits per heavy atom. The molecule has 0 aromatic carbocycles. The average Bonchev–Trinajstić information content (AvgIpc) is 2.60. The standard InChI is InChI=1S/2C8H6N2O3/c2*11-6-3-4-5(10-8(6)13)1-2-9-7(4)12/h2*1-2H,3H2,(H,9,12)(H,10,13). The fraction of sp³-hybridized carbons (Fsp3) is 0.125. The van der Waals surface area contributed by atoms with Gasteiger partial charge in [-0.2, -0.15) is 0 Å². The van der Waals surface area contributed by atoms with E-state index in [0.717, 1.165) is 0 Å². The maximum absolute atomic E-state index is 11.2. The summed E-state index contributed by atoms with van der Waals surface area (Å²) in [6.07, 6.45) is 2.63. The predicted molar refractivity (Wildman–Crippen MR) is 88.8 cm³/mol. The molecule has 0 saturated carbocycles. The van der Waals surface area contributed by atoms with E-state index in [4.69, 9.17) is 0 Å². The maximum atomic E-state index is 11.2. The smallest absolute Gasteiger partial charge is 0.292 e. The van der Waals surface area contributed by atoms with Gasteiger partial charge >= 0.3 is 0 Å². The van der Waals surface area contributed by atoms with Gasteiger partial charge in [-0.3, -0.25) is 28.8 Å². The van der Waals surface area contributed by atoms with Gasteiger partial charge in [0.2, 0.25) is 11.6 Å². The summed E-state index contributed by atoms with van der Waals surface area (Å²) in [5.41, 5.74) is 0.845. The summed E-state index contributed by atoms with van der Waals surface area (Å²) >= 11 is 0. The zero-order valence-corrected chi connectivity index (χ0v) is 13.2. The van der Waals surface area contributed by atoms with Crippen LogP contribution in [0.5, 0.6) is 0 Å². The van der Waals surface area contributed by atoms with Crippen molar-refractivity contribution in [2.45, 2.75) is 12.8 Å². The highest BCUT2D eigenvalue weighted by atomic mass is 16.2. The highest BCUT2D eigenvalue weighted by Crippen LogP contribution is 2.16. The van der Waals surface area contributed by atoms with Crippen LogP contribution in [0.1, 0.15) is 11.1 Å². The topological polar surface area (TPSA) is 158 Å². The third-order valence-corrected chi connectivity index (χ3v) is 3.80. The summed E-state index contributed by atoms with van der Waals surface area (Å²) in [4.78, 5) is 70.9. The summed E-state index contributed by atoms with van der Waals surface area (Å²) in [7, 11) is 0. The van der Waals surface area contributed by atoms with Crippen LogP contribution in [-0.2, 0) is 32.0 Å². The third kappa shape index (κ3) is 3.20. The molecule has 4 N–H and O–H groups in total. The van der Waals surface area contributed by atoms with Crippen molar-refractivity contribution in [1.82, 2.24) is 9.97 Å². The largest absolute Gasteiger partial charge is 0.329 e. The van der Waals surface area contributed by atoms with Gasteiger partial charge in [0.05, 0.1) is 11.4 Å². The first kappa shape index (κ1) is 17.0. The number of hydrogen-bond donors (Lipinski definition) is 4. The van der Waals surface area contributed by atoms with E-state index in [2.05, 4.69) is 20.6 Å². The van der Waals surface area contributed by atoms with Crippen LogP contribution in [-0.4, -0.2) is 33.3 Å². The molecular formula is C16H12N4O6. The normalized spacial score (nSPS) is 15.1. The second kappa shape index (κ2) is 6.59. The lowest BCUT2D eigenvalue weighted by molar-refractivity contribution is -0.134. The molecule has 2 aromatic heterocycles. The maximum Gasteiger partial charge on any atom is 0.292 e. The summed E-state index contributed by atoms with van der Waals surface area (Å²) in [6.45, 7) is 0. The van der Waals surface area contributed by atoms with E-state index in [1.165, 1.54) is 12.4 Å². The first-order chi connectivity index (χ1) is 12.4. The lowest BCUT2D eigenvalue weighted by atomic mass is 10.0. The van der Waals surface area contributed by atoms with E-state index in [1.807, 2.05) is 0 Å². The number of hydrogen-bond acceptors (Lipinski definition) is 6. The Morgan fingerprint density at radius 1 is 0.615 bits per heavy atom. The fourth-order valence-electron chi connectivity index (χ4n) is 2.47. The summed E-state index contributed by atoms with van der Waals surface area (Å²) in [5.74, 6) is -2.47. The fourth-order valence-corrected chi connectivity index (χ4v) is 2.47. The molecule has 0 saturated heterocycles. The van der Waals surface area contributed by atoms with Gasteiger partial charge in [0.15, 0.2) is 0 Å². The first-order valence-corrected chi connectivity index (χ1v) is 7.46. The number of amides is 2. The highest BCUT2D eigenvalue weighted by molar-refractivity contribution is 6.43. The molecule has 0 unspecified atom stereocenters. The second-order valence-corrected chi connectivity index (χ2v) is 5.51. The van der Waals surface area contributed by atoms with E-state index in [9.17, 15) is 28.8 Å². The summed E-state index contributed by atoms with van der Waals surface area (Å²) in [5, 5.41) is 4.68. The number of ketones is 2. The minimum absolute atomic E-state index is 0.114. The lowest BCUT2D eigenvalue weighted by Gasteiger charge is -2.13. The highest BCUT2D eigenvalue weighted by Gasteiger charge is 2.25. The number of aromatic amines is 2. The Hall–Kier alpha value is -3.82. The number of nitrogens with one attached hydrogen (secondary N) is 4. The molecule has 2 aliphatic rings. The number of Topliss-reactive ketones (excluding diaryl/α,β-unsaturated/α-hetero) is 2. The minimum Gasteiger partial charge on any atom is -0.329 e. The van der Waals surface area contributed by atoms with Crippen molar-refractivity contribution in [2.24, 2.45) is 0 Å². The number of fused-ring (bicyclic) bond motifs is 2. The molecule has 2 amide bonds. The molecule has 0 spiro atoms. The molecule has 0 aliphatic carbocycles. The van der Waals surface area contributed by atoms with E-state index in [1.54, 1.807) is 12.1 Å². The van der Waals surface area contributed by atoms with Crippen LogP contribution in [0.2, 0.25) is 0 Å². The van der Waals surface area contributed by atoms with Gasteiger partial charge in [0.1, 0.15) is 0 Å². The van der Waals surface area contributed by atoms with Gasteiger partial charge in [0.25, 0.3) is 22.9 Å². The Balaban J connectivity index is 0.000000151. The molecule has 10 heteroatoms. The van der Waals surface area contributed by atoms with Crippen molar-refractivity contribution in [1.29, 1.82) is 0 Å². The predicted octanol–water partition coefficient (Wildman–Crippen LogP) is -1.12. The molecule has 132 valence electrons. The molecule has 0 atom stereocenters. The Kier molecular flexibility index (Phi) is 4.31. The molecule has 10 nitrogen and oxygen atoms in total. The molecule has 0 fully saturated rings. The Labute approximate surface area is 144 Å². The van der Waals surface area contributed by atoms with Crippen molar-refractivity contribution < 1.29 is 19.2 Å². The SMILES string of the molecule is O=C1Cc2c(cc[nH]c2=O)NC1=O.O=C1Cc2c(cc[nH]c2=O)NC1=O. The molecule has 26 heavy (non-hydrogen) atoms. The number of carbonyl (C=O) groups is 4. The average molecular weight is 356 g/mol. The van der Waals surface area contributed by atoms with Gasteiger partial charge in [-0.25, -0.2) is 0 Å². The van der Waals surface area contributed by atoms with E-state index in [0.29, 0.717) is 22.5 Å². The zero-order chi connectivity index (χ0) is 18.8. The third-order valence-electron chi connectivity index (χ3n) is 3.80. The van der Waals surface area contributed by atoms with Crippen molar-refractivity contribution >= 4 is 34.8 Å². The number of aromatic nitrogens is 2. The van der Waals surface area contributed by atoms with Crippen molar-refractivity contribution in [3.63, 3.8) is 0 Å². The summed E-state index contributed by atoms with van der Waals surface area (Å²) in [6, 6.07) is 3.11. The van der Waals surface area contributed by atoms with Crippen LogP contribution >= 0.6 is 0 Å². The van der Waals surface area contributed by atoms with Crippen molar-refractivity contribution in [3.8, 4) is 0 Å². The van der Waals surface area contributed by atoms with Gasteiger partial charge in [-0.1, -0.05) is 0 Å².